The van der Waals surface area contributed by atoms with Crippen LogP contribution in [-0.4, -0.2) is 7.28 Å². The van der Waals surface area contributed by atoms with E-state index < -0.39 is 0 Å². The van der Waals surface area contributed by atoms with E-state index in [4.69, 9.17) is 0 Å². The number of hydrogen-bond donors (Lipinski definition) is 0. The van der Waals surface area contributed by atoms with E-state index in [0.29, 0.717) is 0 Å². The minimum atomic E-state index is 0. The smallest absolute Gasteiger partial charge is 0.0878 e. The topological polar surface area (TPSA) is 0 Å². The van der Waals surface area contributed by atoms with Crippen molar-refractivity contribution in [3.05, 3.63) is 53.6 Å². The first-order chi connectivity index (χ1) is 7.38. The molecule has 0 N–H and O–H groups in total. The van der Waals surface area contributed by atoms with Crippen LogP contribution in [-0.2, 0) is 39.1 Å². The molecule has 1 aliphatic rings. The van der Waals surface area contributed by atoms with E-state index in [0.717, 1.165) is 6.42 Å². The average molecular weight is 280 g/mol. The van der Waals surface area contributed by atoms with Gasteiger partial charge in [0.15, 0.2) is 0 Å². The zero-order chi connectivity index (χ0) is 10.3. The minimum absolute atomic E-state index is 0. The third kappa shape index (κ3) is 1.92. The molecule has 0 bridgehead atoms. The average Bonchev–Trinajstić information content (AvgIpc) is 2.66. The van der Waals surface area contributed by atoms with Crippen molar-refractivity contribution in [1.29, 1.82) is 0 Å². The van der Waals surface area contributed by atoms with Crippen molar-refractivity contribution >= 4 is 12.7 Å². The molecule has 0 heterocycles. The molecule has 2 aromatic rings. The Balaban J connectivity index is 0.000000963. The van der Waals surface area contributed by atoms with E-state index in [9.17, 15) is 0 Å². The molecule has 0 unspecified atom stereocenters. The van der Waals surface area contributed by atoms with Gasteiger partial charge in [-0.3, -0.25) is 0 Å². The molecule has 0 atom stereocenters. The summed E-state index contributed by atoms with van der Waals surface area (Å²) in [5, 5.41) is 0. The van der Waals surface area contributed by atoms with Crippen LogP contribution in [0, 0.1) is 0 Å². The van der Waals surface area contributed by atoms with Gasteiger partial charge in [-0.05, 0) is 28.7 Å². The van der Waals surface area contributed by atoms with Crippen LogP contribution < -0.4 is 5.46 Å². The van der Waals surface area contributed by atoms with Crippen LogP contribution in [0.25, 0.3) is 11.1 Å². The summed E-state index contributed by atoms with van der Waals surface area (Å²) in [6, 6.07) is 15.4. The maximum absolute atomic E-state index is 2.30. The van der Waals surface area contributed by atoms with Crippen LogP contribution in [0.3, 0.4) is 0 Å². The van der Waals surface area contributed by atoms with Crippen molar-refractivity contribution < 1.29 is 32.7 Å². The Kier molecular flexibility index (Phi) is 3.66. The van der Waals surface area contributed by atoms with Crippen LogP contribution in [0.1, 0.15) is 11.1 Å². The number of hydrogen-bond acceptors (Lipinski definition) is 0. The van der Waals surface area contributed by atoms with Crippen LogP contribution in [0.5, 0.6) is 0 Å². The number of benzene rings is 2. The number of rotatable bonds is 1. The monoisotopic (exact) mass is 280 g/mol. The predicted octanol–water partition coefficient (Wildman–Crippen LogP) is 2.63. The second kappa shape index (κ2) is 4.85. The summed E-state index contributed by atoms with van der Waals surface area (Å²) >= 11 is 0. The largest absolute Gasteiger partial charge is 0.148 e. The van der Waals surface area contributed by atoms with E-state index in [-0.39, 0.29) is 32.7 Å². The molecule has 3 rings (SSSR count). The molecule has 0 nitrogen and oxygen atoms in total. The molecule has 0 spiro atoms. The van der Waals surface area contributed by atoms with Gasteiger partial charge >= 0.3 is 0 Å². The molecule has 0 fully saturated rings. The molecule has 0 aromatic heterocycles. The first-order valence-corrected chi connectivity index (χ1v) is 5.39. The Labute approximate surface area is 123 Å². The first kappa shape index (κ1) is 12.1. The third-order valence-corrected chi connectivity index (χ3v) is 3.15. The van der Waals surface area contributed by atoms with Gasteiger partial charge in [-0.2, -0.15) is 0 Å². The fraction of sp³-hybridized carbons (Fsp3) is 0.143. The minimum Gasteiger partial charge on any atom is -0.0878 e. The van der Waals surface area contributed by atoms with Gasteiger partial charge in [-0.15, -0.1) is 0 Å². The van der Waals surface area contributed by atoms with E-state index in [1.807, 2.05) is 0 Å². The molecule has 74 valence electrons. The molecular weight excluding hydrogens is 268 g/mol. The van der Waals surface area contributed by atoms with Crippen molar-refractivity contribution in [3.8, 4) is 11.1 Å². The Bertz CT molecular complexity index is 520. The molecule has 1 aliphatic carbocycles. The van der Waals surface area contributed by atoms with Crippen molar-refractivity contribution in [2.45, 2.75) is 13.2 Å². The van der Waals surface area contributed by atoms with Crippen molar-refractivity contribution in [1.82, 2.24) is 0 Å². The summed E-state index contributed by atoms with van der Waals surface area (Å²) in [7, 11) is 2.16. The molecular formula is C14H12BY. The van der Waals surface area contributed by atoms with Crippen LogP contribution >= 0.6 is 0 Å². The fourth-order valence-electron chi connectivity index (χ4n) is 2.34. The normalized spacial score (nSPS) is 11.3. The maximum atomic E-state index is 2.30. The molecule has 0 amide bonds. The standard InChI is InChI=1S/C14H12B.Y/c1-15-12-6-7-14-11(9-12)8-10-4-2-3-5-13(10)14;/h2-7,9H,8H2,1H3;. The Hall–Kier alpha value is -0.391. The van der Waals surface area contributed by atoms with E-state index in [1.54, 1.807) is 0 Å². The summed E-state index contributed by atoms with van der Waals surface area (Å²) in [6.07, 6.45) is 1.09. The second-order valence-electron chi connectivity index (χ2n) is 4.04. The van der Waals surface area contributed by atoms with Gasteiger partial charge in [0.2, 0.25) is 0 Å². The summed E-state index contributed by atoms with van der Waals surface area (Å²) in [4.78, 5) is 0. The van der Waals surface area contributed by atoms with Gasteiger partial charge in [-0.25, -0.2) is 0 Å². The van der Waals surface area contributed by atoms with Crippen molar-refractivity contribution in [3.63, 3.8) is 0 Å². The van der Waals surface area contributed by atoms with Crippen LogP contribution in [0.2, 0.25) is 6.82 Å². The molecule has 2 radical (unpaired) electrons. The quantitative estimate of drug-likeness (QED) is 0.601. The van der Waals surface area contributed by atoms with Gasteiger partial charge in [0.05, 0.1) is 0 Å². The molecule has 0 saturated carbocycles. The molecule has 0 aliphatic heterocycles. The molecule has 16 heavy (non-hydrogen) atoms. The summed E-state index contributed by atoms with van der Waals surface area (Å²) in [5.74, 6) is 0. The summed E-state index contributed by atoms with van der Waals surface area (Å²) < 4.78 is 0. The van der Waals surface area contributed by atoms with Crippen LogP contribution in [0.15, 0.2) is 42.5 Å². The molecule has 2 heteroatoms. The molecule has 0 saturated heterocycles. The predicted molar refractivity (Wildman–Crippen MR) is 65.9 cm³/mol. The number of fused-ring (bicyclic) bond motifs is 3. The maximum Gasteiger partial charge on any atom is 0.148 e. The first-order valence-electron chi connectivity index (χ1n) is 5.39. The van der Waals surface area contributed by atoms with Crippen LogP contribution in [0.4, 0.5) is 0 Å². The van der Waals surface area contributed by atoms with Gasteiger partial charge in [-0.1, -0.05) is 54.8 Å². The SMILES string of the molecule is C[B]c1ccc2c(c1)Cc1ccccc1-2.[Y]. The zero-order valence-electron chi connectivity index (χ0n) is 9.40. The fourth-order valence-corrected chi connectivity index (χ4v) is 2.34. The Morgan fingerprint density at radius 2 is 1.69 bits per heavy atom. The third-order valence-electron chi connectivity index (χ3n) is 3.15. The Morgan fingerprint density at radius 1 is 0.938 bits per heavy atom. The van der Waals surface area contributed by atoms with Gasteiger partial charge in [0, 0.05) is 32.7 Å². The summed E-state index contributed by atoms with van der Waals surface area (Å²) in [5.41, 5.74) is 7.07. The van der Waals surface area contributed by atoms with Crippen molar-refractivity contribution in [2.75, 3.05) is 0 Å². The van der Waals surface area contributed by atoms with Gasteiger partial charge in [0.1, 0.15) is 7.28 Å². The Morgan fingerprint density at radius 3 is 2.50 bits per heavy atom. The van der Waals surface area contributed by atoms with E-state index in [2.05, 4.69) is 56.6 Å². The van der Waals surface area contributed by atoms with Crippen molar-refractivity contribution in [2.24, 2.45) is 0 Å². The summed E-state index contributed by atoms with van der Waals surface area (Å²) in [6.45, 7) is 2.09. The van der Waals surface area contributed by atoms with E-state index >= 15 is 0 Å². The second-order valence-corrected chi connectivity index (χ2v) is 4.04. The van der Waals surface area contributed by atoms with E-state index in [1.165, 1.54) is 27.7 Å². The zero-order valence-corrected chi connectivity index (χ0v) is 12.2. The molecule has 2 aromatic carbocycles. The van der Waals surface area contributed by atoms with Gasteiger partial charge in [0.25, 0.3) is 0 Å². The van der Waals surface area contributed by atoms with Gasteiger partial charge < -0.3 is 0 Å².